The number of rotatable bonds is 7. The fraction of sp³-hybridized carbons (Fsp3) is 0.333. The number of ether oxygens (including phenoxy) is 1. The van der Waals surface area contributed by atoms with Crippen LogP contribution in [-0.2, 0) is 9.53 Å². The zero-order chi connectivity index (χ0) is 23.2. The highest BCUT2D eigenvalue weighted by Crippen LogP contribution is 2.37. The zero-order valence-corrected chi connectivity index (χ0v) is 18.2. The first kappa shape index (κ1) is 22.4. The summed E-state index contributed by atoms with van der Waals surface area (Å²) in [6.45, 7) is 0. The fourth-order valence-electron chi connectivity index (χ4n) is 4.06. The number of hydrogen-bond acceptors (Lipinski definition) is 7. The maximum absolute atomic E-state index is 13.0. The zero-order valence-electron chi connectivity index (χ0n) is 18.2. The summed E-state index contributed by atoms with van der Waals surface area (Å²) in [4.78, 5) is 23.9. The van der Waals surface area contributed by atoms with Gasteiger partial charge in [0.15, 0.2) is 0 Å². The number of nitrogens with zero attached hydrogens (tertiary/aromatic N) is 2. The molecule has 0 radical (unpaired) electrons. The summed E-state index contributed by atoms with van der Waals surface area (Å²) in [7, 11) is 1.43. The number of nitrogens with one attached hydrogen (secondary N) is 2. The lowest BCUT2D eigenvalue weighted by Gasteiger charge is -2.28. The Hall–Kier alpha value is -3.75. The van der Waals surface area contributed by atoms with Gasteiger partial charge < -0.3 is 19.8 Å². The Morgan fingerprint density at radius 1 is 1.00 bits per heavy atom. The molecule has 9 heteroatoms. The number of benzene rings is 2. The van der Waals surface area contributed by atoms with Crippen LogP contribution in [-0.4, -0.2) is 29.2 Å². The van der Waals surface area contributed by atoms with Crippen molar-refractivity contribution in [1.29, 1.82) is 0 Å². The molecule has 0 atom stereocenters. The van der Waals surface area contributed by atoms with Crippen molar-refractivity contribution in [2.75, 3.05) is 17.7 Å². The second kappa shape index (κ2) is 10.2. The van der Waals surface area contributed by atoms with Gasteiger partial charge in [0.05, 0.1) is 7.11 Å². The van der Waals surface area contributed by atoms with E-state index in [1.54, 1.807) is 0 Å². The van der Waals surface area contributed by atoms with Gasteiger partial charge in [-0.15, -0.1) is 5.10 Å². The smallest absolute Gasteiger partial charge is 0.320 e. The second-order valence-corrected chi connectivity index (χ2v) is 8.12. The molecule has 1 fully saturated rings. The number of hydrogen-bond donors (Lipinski definition) is 2. The molecule has 4 rings (SSSR count). The van der Waals surface area contributed by atoms with Gasteiger partial charge in [0.1, 0.15) is 5.82 Å². The monoisotopic (exact) mass is 452 g/mol. The molecule has 0 saturated heterocycles. The molecule has 3 aromatic rings. The number of methoxy groups -OCH3 is 1. The number of carbonyl (C=O) groups excluding carboxylic acids is 2. The van der Waals surface area contributed by atoms with Gasteiger partial charge in [-0.1, -0.05) is 17.2 Å². The molecule has 8 nitrogen and oxygen atoms in total. The number of carbonyl (C=O) groups is 2. The second-order valence-electron chi connectivity index (χ2n) is 8.12. The summed E-state index contributed by atoms with van der Waals surface area (Å²) in [5, 5.41) is 13.1. The summed E-state index contributed by atoms with van der Waals surface area (Å²) in [6, 6.07) is 13.4. The third-order valence-corrected chi connectivity index (χ3v) is 5.88. The molecule has 1 aromatic heterocycles. The number of aromatic nitrogens is 2. The molecule has 2 N–H and O–H groups in total. The van der Waals surface area contributed by atoms with Crippen molar-refractivity contribution in [1.82, 2.24) is 10.2 Å². The minimum absolute atomic E-state index is 0.0323. The van der Waals surface area contributed by atoms with Crippen LogP contribution in [0, 0.1) is 11.7 Å². The molecule has 0 bridgehead atoms. The van der Waals surface area contributed by atoms with Crippen LogP contribution >= 0.6 is 0 Å². The van der Waals surface area contributed by atoms with Crippen LogP contribution in [0.2, 0.25) is 0 Å². The lowest BCUT2D eigenvalue weighted by atomic mass is 9.77. The maximum atomic E-state index is 13.0. The van der Waals surface area contributed by atoms with Crippen molar-refractivity contribution in [2.45, 2.75) is 38.0 Å². The molecule has 33 heavy (non-hydrogen) atoms. The number of halogens is 1. The molecular weight excluding hydrogens is 427 g/mol. The van der Waals surface area contributed by atoms with E-state index in [9.17, 15) is 14.0 Å². The molecule has 2 aromatic carbocycles. The van der Waals surface area contributed by atoms with Gasteiger partial charge in [-0.25, -0.2) is 4.39 Å². The van der Waals surface area contributed by atoms with Crippen molar-refractivity contribution in [2.24, 2.45) is 5.92 Å². The van der Waals surface area contributed by atoms with Crippen molar-refractivity contribution < 1.29 is 23.1 Å². The van der Waals surface area contributed by atoms with Gasteiger partial charge in [-0.2, -0.15) is 0 Å². The third kappa shape index (κ3) is 5.94. The Kier molecular flexibility index (Phi) is 6.97. The average Bonchev–Trinajstić information content (AvgIpc) is 3.30. The summed E-state index contributed by atoms with van der Waals surface area (Å²) in [5.74, 6) is -0.372. The number of amides is 1. The predicted octanol–water partition coefficient (Wildman–Crippen LogP) is 5.04. The van der Waals surface area contributed by atoms with Crippen LogP contribution in [0.25, 0.3) is 0 Å². The molecule has 1 amide bonds. The Bertz CT molecular complexity index is 1090. The Morgan fingerprint density at radius 2 is 1.67 bits per heavy atom. The van der Waals surface area contributed by atoms with Crippen molar-refractivity contribution in [3.8, 4) is 0 Å². The van der Waals surface area contributed by atoms with Gasteiger partial charge in [0.25, 0.3) is 0 Å². The molecule has 1 heterocycles. The standard InChI is InChI=1S/C24H25FN4O4/c1-32-21(30)14-15-2-4-16(5-3-15)17-6-10-19(11-7-17)26-22(31)23-28-29-24(33-23)27-20-12-8-18(25)9-13-20/h6-13,15-16H,2-5,14H2,1H3,(H,26,31)(H,27,29). The van der Waals surface area contributed by atoms with Gasteiger partial charge in [0, 0.05) is 17.8 Å². The summed E-state index contributed by atoms with van der Waals surface area (Å²) in [5.41, 5.74) is 2.39. The highest BCUT2D eigenvalue weighted by Gasteiger charge is 2.24. The largest absolute Gasteiger partial charge is 0.469 e. The molecule has 172 valence electrons. The van der Waals surface area contributed by atoms with E-state index >= 15 is 0 Å². The molecule has 0 spiro atoms. The van der Waals surface area contributed by atoms with E-state index in [0.717, 1.165) is 25.7 Å². The van der Waals surface area contributed by atoms with E-state index < -0.39 is 5.91 Å². The van der Waals surface area contributed by atoms with E-state index in [0.29, 0.717) is 29.6 Å². The Balaban J connectivity index is 1.29. The lowest BCUT2D eigenvalue weighted by molar-refractivity contribution is -0.142. The minimum atomic E-state index is -0.522. The van der Waals surface area contributed by atoms with E-state index in [1.807, 2.05) is 24.3 Å². The van der Waals surface area contributed by atoms with Crippen LogP contribution in [0.3, 0.4) is 0 Å². The van der Waals surface area contributed by atoms with E-state index in [4.69, 9.17) is 9.15 Å². The van der Waals surface area contributed by atoms with E-state index in [-0.39, 0.29) is 23.7 Å². The van der Waals surface area contributed by atoms with Crippen LogP contribution in [0.5, 0.6) is 0 Å². The normalized spacial score (nSPS) is 17.9. The number of anilines is 3. The van der Waals surface area contributed by atoms with Crippen molar-refractivity contribution in [3.63, 3.8) is 0 Å². The first-order valence-corrected chi connectivity index (χ1v) is 10.8. The molecule has 1 aliphatic rings. The van der Waals surface area contributed by atoms with Crippen LogP contribution in [0.15, 0.2) is 52.9 Å². The predicted molar refractivity (Wildman–Crippen MR) is 120 cm³/mol. The average molecular weight is 452 g/mol. The first-order valence-electron chi connectivity index (χ1n) is 10.8. The third-order valence-electron chi connectivity index (χ3n) is 5.88. The molecule has 0 aliphatic heterocycles. The van der Waals surface area contributed by atoms with Crippen LogP contribution in [0.4, 0.5) is 21.8 Å². The highest BCUT2D eigenvalue weighted by atomic mass is 19.1. The van der Waals surface area contributed by atoms with E-state index in [2.05, 4.69) is 20.8 Å². The van der Waals surface area contributed by atoms with Crippen LogP contribution in [0.1, 0.15) is 54.3 Å². The Morgan fingerprint density at radius 3 is 2.33 bits per heavy atom. The van der Waals surface area contributed by atoms with E-state index in [1.165, 1.54) is 36.9 Å². The van der Waals surface area contributed by atoms with Gasteiger partial charge in [-0.3, -0.25) is 9.59 Å². The highest BCUT2D eigenvalue weighted by molar-refractivity contribution is 6.00. The molecule has 0 unspecified atom stereocenters. The first-order chi connectivity index (χ1) is 16.0. The molecular formula is C24H25FN4O4. The number of esters is 1. The van der Waals surface area contributed by atoms with Crippen molar-refractivity contribution >= 4 is 29.3 Å². The summed E-state index contributed by atoms with van der Waals surface area (Å²) < 4.78 is 23.1. The fourth-order valence-corrected chi connectivity index (χ4v) is 4.06. The van der Waals surface area contributed by atoms with Gasteiger partial charge in [0.2, 0.25) is 0 Å². The van der Waals surface area contributed by atoms with Crippen LogP contribution < -0.4 is 10.6 Å². The SMILES string of the molecule is COC(=O)CC1CCC(c2ccc(NC(=O)c3nnc(Nc4ccc(F)cc4)o3)cc2)CC1. The lowest BCUT2D eigenvalue weighted by Crippen LogP contribution is -2.17. The Labute approximate surface area is 190 Å². The topological polar surface area (TPSA) is 106 Å². The molecule has 1 aliphatic carbocycles. The van der Waals surface area contributed by atoms with Gasteiger partial charge in [-0.05, 0) is 79.5 Å². The van der Waals surface area contributed by atoms with Gasteiger partial charge >= 0.3 is 23.8 Å². The molecule has 1 saturated carbocycles. The minimum Gasteiger partial charge on any atom is -0.469 e. The van der Waals surface area contributed by atoms with Crippen molar-refractivity contribution in [3.05, 3.63) is 65.8 Å². The summed E-state index contributed by atoms with van der Waals surface area (Å²) in [6.07, 6.45) is 4.55. The quantitative estimate of drug-likeness (QED) is 0.484. The summed E-state index contributed by atoms with van der Waals surface area (Å²) >= 11 is 0. The maximum Gasteiger partial charge on any atom is 0.320 e.